The molecule has 1 fully saturated rings. The van der Waals surface area contributed by atoms with E-state index in [1.54, 1.807) is 0 Å². The van der Waals surface area contributed by atoms with Crippen molar-refractivity contribution in [1.82, 2.24) is 0 Å². The molecule has 0 radical (unpaired) electrons. The minimum atomic E-state index is -3.36. The van der Waals surface area contributed by atoms with E-state index < -0.39 is 38.1 Å². The van der Waals surface area contributed by atoms with E-state index in [2.05, 4.69) is 0 Å². The molecule has 1 rings (SSSR count). The molecule has 0 aliphatic carbocycles. The standard InChI is InChI=1S/C6H13O6P/c1-13(11)6(10)5(9)4(8)3(2-7)12-13/h3-10H,2H2,1H3/t3-,4-,5+,6+,13?/m1/s1. The summed E-state index contributed by atoms with van der Waals surface area (Å²) < 4.78 is 16.2. The van der Waals surface area contributed by atoms with Gasteiger partial charge in [0.25, 0.3) is 0 Å². The van der Waals surface area contributed by atoms with Gasteiger partial charge in [0, 0.05) is 6.66 Å². The van der Waals surface area contributed by atoms with Gasteiger partial charge < -0.3 is 24.9 Å². The van der Waals surface area contributed by atoms with Crippen LogP contribution in [0.15, 0.2) is 0 Å². The Morgan fingerprint density at radius 2 is 1.85 bits per heavy atom. The van der Waals surface area contributed by atoms with Crippen molar-refractivity contribution in [3.05, 3.63) is 0 Å². The normalized spacial score (nSPS) is 52.1. The minimum Gasteiger partial charge on any atom is -0.394 e. The van der Waals surface area contributed by atoms with Crippen LogP contribution in [0.4, 0.5) is 0 Å². The third-order valence-corrected chi connectivity index (χ3v) is 4.00. The molecule has 0 spiro atoms. The molecule has 0 aromatic heterocycles. The van der Waals surface area contributed by atoms with Crippen LogP contribution in [0, 0.1) is 0 Å². The Morgan fingerprint density at radius 3 is 2.31 bits per heavy atom. The van der Waals surface area contributed by atoms with Crippen molar-refractivity contribution in [3.63, 3.8) is 0 Å². The SMILES string of the molecule is CP1(=O)O[C@H](CO)[C@@H](O)[C@H](O)[C@H]1O. The molecule has 1 saturated heterocycles. The van der Waals surface area contributed by atoms with Gasteiger partial charge in [-0.25, -0.2) is 0 Å². The van der Waals surface area contributed by atoms with Crippen molar-refractivity contribution in [2.45, 2.75) is 24.2 Å². The molecule has 0 aromatic rings. The van der Waals surface area contributed by atoms with Crippen molar-refractivity contribution in [1.29, 1.82) is 0 Å². The summed E-state index contributed by atoms with van der Waals surface area (Å²) in [6.07, 6.45) is -4.06. The predicted molar refractivity (Wildman–Crippen MR) is 43.5 cm³/mol. The predicted octanol–water partition coefficient (Wildman–Crippen LogP) is -1.67. The highest BCUT2D eigenvalue weighted by Crippen LogP contribution is 2.53. The molecule has 5 atom stereocenters. The second kappa shape index (κ2) is 3.65. The smallest absolute Gasteiger partial charge is 0.230 e. The maximum Gasteiger partial charge on any atom is 0.230 e. The summed E-state index contributed by atoms with van der Waals surface area (Å²) in [5, 5.41) is 36.4. The second-order valence-electron chi connectivity index (χ2n) is 3.13. The highest BCUT2D eigenvalue weighted by molar-refractivity contribution is 7.58. The van der Waals surface area contributed by atoms with Crippen molar-refractivity contribution >= 4 is 7.37 Å². The lowest BCUT2D eigenvalue weighted by atomic mass is 10.1. The van der Waals surface area contributed by atoms with E-state index in [1.807, 2.05) is 0 Å². The number of aliphatic hydroxyl groups excluding tert-OH is 4. The van der Waals surface area contributed by atoms with Gasteiger partial charge in [-0.1, -0.05) is 0 Å². The Morgan fingerprint density at radius 1 is 1.31 bits per heavy atom. The largest absolute Gasteiger partial charge is 0.394 e. The number of aliphatic hydroxyl groups is 4. The lowest BCUT2D eigenvalue weighted by Crippen LogP contribution is -2.51. The van der Waals surface area contributed by atoms with Gasteiger partial charge >= 0.3 is 0 Å². The molecule has 13 heavy (non-hydrogen) atoms. The average molecular weight is 212 g/mol. The molecule has 0 bridgehead atoms. The van der Waals surface area contributed by atoms with Crippen LogP contribution in [0.2, 0.25) is 0 Å². The average Bonchev–Trinajstić information content (AvgIpc) is 2.08. The van der Waals surface area contributed by atoms with Gasteiger partial charge in [-0.15, -0.1) is 0 Å². The number of hydrogen-bond acceptors (Lipinski definition) is 6. The van der Waals surface area contributed by atoms with Crippen LogP contribution >= 0.6 is 7.37 Å². The molecule has 0 amide bonds. The van der Waals surface area contributed by atoms with E-state index in [4.69, 9.17) is 9.63 Å². The third kappa shape index (κ3) is 1.93. The van der Waals surface area contributed by atoms with Crippen LogP contribution < -0.4 is 0 Å². The van der Waals surface area contributed by atoms with Gasteiger partial charge in [0.1, 0.15) is 18.3 Å². The molecular formula is C6H13O6P. The topological polar surface area (TPSA) is 107 Å². The van der Waals surface area contributed by atoms with Gasteiger partial charge in [-0.2, -0.15) is 0 Å². The Labute approximate surface area is 75.2 Å². The zero-order valence-electron chi connectivity index (χ0n) is 7.07. The molecule has 78 valence electrons. The van der Waals surface area contributed by atoms with E-state index in [9.17, 15) is 19.9 Å². The molecule has 4 N–H and O–H groups in total. The Kier molecular flexibility index (Phi) is 3.12. The maximum absolute atomic E-state index is 11.4. The van der Waals surface area contributed by atoms with Gasteiger partial charge in [-0.05, 0) is 0 Å². The third-order valence-electron chi connectivity index (χ3n) is 2.04. The fourth-order valence-electron chi connectivity index (χ4n) is 1.21. The van der Waals surface area contributed by atoms with E-state index in [0.717, 1.165) is 6.66 Å². The summed E-state index contributed by atoms with van der Waals surface area (Å²) in [4.78, 5) is 0. The van der Waals surface area contributed by atoms with Crippen molar-refractivity contribution in [2.75, 3.05) is 13.3 Å². The van der Waals surface area contributed by atoms with Crippen LogP contribution in [0.1, 0.15) is 0 Å². The molecule has 7 heteroatoms. The zero-order chi connectivity index (χ0) is 10.2. The number of hydrogen-bond donors (Lipinski definition) is 4. The molecule has 6 nitrogen and oxygen atoms in total. The summed E-state index contributed by atoms with van der Waals surface area (Å²) in [5.41, 5.74) is 0. The monoisotopic (exact) mass is 212 g/mol. The van der Waals surface area contributed by atoms with Crippen LogP contribution in [0.25, 0.3) is 0 Å². The van der Waals surface area contributed by atoms with E-state index in [-0.39, 0.29) is 0 Å². The quantitative estimate of drug-likeness (QED) is 0.387. The summed E-state index contributed by atoms with van der Waals surface area (Å²) in [6.45, 7) is 0.595. The fraction of sp³-hybridized carbons (Fsp3) is 1.00. The van der Waals surface area contributed by atoms with Crippen molar-refractivity contribution in [3.8, 4) is 0 Å². The molecule has 0 saturated carbocycles. The van der Waals surface area contributed by atoms with E-state index >= 15 is 0 Å². The van der Waals surface area contributed by atoms with Gasteiger partial charge in [-0.3, -0.25) is 4.57 Å². The number of rotatable bonds is 1. The molecule has 1 aliphatic heterocycles. The highest BCUT2D eigenvalue weighted by atomic mass is 31.2. The van der Waals surface area contributed by atoms with Gasteiger partial charge in [0.2, 0.25) is 7.37 Å². The maximum atomic E-state index is 11.4. The van der Waals surface area contributed by atoms with Crippen LogP contribution in [-0.2, 0) is 9.09 Å². The van der Waals surface area contributed by atoms with Crippen molar-refractivity contribution < 1.29 is 29.5 Å². The van der Waals surface area contributed by atoms with Crippen LogP contribution in [0.3, 0.4) is 0 Å². The molecule has 0 aromatic carbocycles. The Hall–Kier alpha value is 0.0300. The van der Waals surface area contributed by atoms with Crippen LogP contribution in [0.5, 0.6) is 0 Å². The Bertz CT molecular complexity index is 229. The molecule has 1 heterocycles. The zero-order valence-corrected chi connectivity index (χ0v) is 7.96. The van der Waals surface area contributed by atoms with Gasteiger partial charge in [0.05, 0.1) is 6.61 Å². The van der Waals surface area contributed by atoms with Crippen LogP contribution in [-0.4, -0.2) is 57.9 Å². The molecule has 1 unspecified atom stereocenters. The summed E-state index contributed by atoms with van der Waals surface area (Å²) in [5.74, 6) is -1.59. The lowest BCUT2D eigenvalue weighted by molar-refractivity contribution is -0.114. The first kappa shape index (κ1) is 11.1. The van der Waals surface area contributed by atoms with E-state index in [0.29, 0.717) is 0 Å². The first-order valence-corrected chi connectivity index (χ1v) is 5.95. The highest BCUT2D eigenvalue weighted by Gasteiger charge is 2.47. The van der Waals surface area contributed by atoms with Gasteiger partial charge in [0.15, 0.2) is 5.85 Å². The first-order chi connectivity index (χ1) is 5.90. The van der Waals surface area contributed by atoms with Crippen molar-refractivity contribution in [2.24, 2.45) is 0 Å². The molecule has 1 aliphatic rings. The summed E-state index contributed by atoms with van der Waals surface area (Å²) >= 11 is 0. The van der Waals surface area contributed by atoms with E-state index in [1.165, 1.54) is 0 Å². The Balaban J connectivity index is 2.85. The first-order valence-electron chi connectivity index (χ1n) is 3.81. The summed E-state index contributed by atoms with van der Waals surface area (Å²) in [6, 6.07) is 0. The summed E-state index contributed by atoms with van der Waals surface area (Å²) in [7, 11) is -3.36. The minimum absolute atomic E-state index is 0.553. The fourth-order valence-corrected chi connectivity index (χ4v) is 2.79. The second-order valence-corrected chi connectivity index (χ2v) is 5.69. The lowest BCUT2D eigenvalue weighted by Gasteiger charge is -2.38. The molecular weight excluding hydrogens is 199 g/mol.